The van der Waals surface area contributed by atoms with Gasteiger partial charge in [0.1, 0.15) is 18.1 Å². The summed E-state index contributed by atoms with van der Waals surface area (Å²) in [5.74, 6) is 1.48. The summed E-state index contributed by atoms with van der Waals surface area (Å²) in [7, 11) is 1.62. The maximum Gasteiger partial charge on any atom is 0.226 e. The summed E-state index contributed by atoms with van der Waals surface area (Å²) in [5.41, 5.74) is 2.90. The van der Waals surface area contributed by atoms with Gasteiger partial charge in [-0.25, -0.2) is 4.98 Å². The van der Waals surface area contributed by atoms with E-state index >= 15 is 0 Å². The average Bonchev–Trinajstić information content (AvgIpc) is 3.34. The number of carbonyl (C=O) groups is 1. The number of rotatable bonds is 8. The Hall–Kier alpha value is -3.32. The van der Waals surface area contributed by atoms with Crippen LogP contribution >= 0.6 is 11.3 Å². The zero-order valence-corrected chi connectivity index (χ0v) is 16.8. The number of nitrogens with zero attached hydrogens (tertiary/aromatic N) is 2. The second-order valence-corrected chi connectivity index (χ2v) is 7.26. The van der Waals surface area contributed by atoms with Crippen LogP contribution in [0.5, 0.6) is 11.5 Å². The van der Waals surface area contributed by atoms with E-state index in [1.54, 1.807) is 7.11 Å². The largest absolute Gasteiger partial charge is 0.497 e. The van der Waals surface area contributed by atoms with Crippen LogP contribution in [0.3, 0.4) is 0 Å². The molecule has 2 aromatic heterocycles. The van der Waals surface area contributed by atoms with E-state index in [1.807, 2.05) is 70.6 Å². The topological polar surface area (TPSA) is 64.9 Å². The fourth-order valence-electron chi connectivity index (χ4n) is 2.96. The highest BCUT2D eigenvalue weighted by Crippen LogP contribution is 2.23. The standard InChI is InChI=1S/C22H21N3O3S/c1-27-18-7-9-19(10-8-18)28-12-11-23-21(26)13-17-15-29-22-24-20(14-25(17)22)16-5-3-2-4-6-16/h2-10,14-15H,11-13H2,1H3,(H,23,26). The molecule has 0 unspecified atom stereocenters. The first kappa shape index (κ1) is 19.0. The first-order valence-corrected chi connectivity index (χ1v) is 10.2. The molecule has 0 saturated heterocycles. The van der Waals surface area contributed by atoms with Crippen molar-refractivity contribution in [3.8, 4) is 22.8 Å². The number of fused-ring (bicyclic) bond motifs is 1. The number of benzene rings is 2. The molecule has 148 valence electrons. The van der Waals surface area contributed by atoms with Gasteiger partial charge in [-0.3, -0.25) is 9.20 Å². The van der Waals surface area contributed by atoms with Crippen LogP contribution in [0.25, 0.3) is 16.2 Å². The second-order valence-electron chi connectivity index (χ2n) is 6.42. The normalized spacial score (nSPS) is 10.8. The number of aromatic nitrogens is 2. The highest BCUT2D eigenvalue weighted by molar-refractivity contribution is 7.15. The molecule has 2 heterocycles. The van der Waals surface area contributed by atoms with E-state index in [-0.39, 0.29) is 5.91 Å². The van der Waals surface area contributed by atoms with Gasteiger partial charge >= 0.3 is 0 Å². The third kappa shape index (κ3) is 4.57. The summed E-state index contributed by atoms with van der Waals surface area (Å²) in [5, 5.41) is 4.88. The molecule has 7 heteroatoms. The molecule has 1 N–H and O–H groups in total. The highest BCUT2D eigenvalue weighted by Gasteiger charge is 2.12. The summed E-state index contributed by atoms with van der Waals surface area (Å²) in [6.45, 7) is 0.845. The van der Waals surface area contributed by atoms with E-state index in [2.05, 4.69) is 10.3 Å². The van der Waals surface area contributed by atoms with Gasteiger partial charge in [-0.2, -0.15) is 0 Å². The number of imidazole rings is 1. The molecule has 4 rings (SSSR count). The third-order valence-electron chi connectivity index (χ3n) is 4.45. The molecule has 6 nitrogen and oxygen atoms in total. The van der Waals surface area contributed by atoms with Crippen molar-refractivity contribution in [1.82, 2.24) is 14.7 Å². The Balaban J connectivity index is 1.30. The predicted octanol–water partition coefficient (Wildman–Crippen LogP) is 3.81. The monoisotopic (exact) mass is 407 g/mol. The van der Waals surface area contributed by atoms with Gasteiger partial charge in [0, 0.05) is 22.8 Å². The first-order chi connectivity index (χ1) is 14.2. The Morgan fingerprint density at radius 2 is 1.86 bits per heavy atom. The Morgan fingerprint density at radius 1 is 1.10 bits per heavy atom. The Labute approximate surface area is 172 Å². The van der Waals surface area contributed by atoms with Crippen molar-refractivity contribution in [2.75, 3.05) is 20.3 Å². The number of ether oxygens (including phenoxy) is 2. The van der Waals surface area contributed by atoms with Gasteiger partial charge in [0.15, 0.2) is 4.96 Å². The zero-order chi connectivity index (χ0) is 20.1. The average molecular weight is 407 g/mol. The van der Waals surface area contributed by atoms with Crippen LogP contribution in [-0.4, -0.2) is 35.6 Å². The lowest BCUT2D eigenvalue weighted by atomic mass is 10.2. The van der Waals surface area contributed by atoms with Crippen molar-refractivity contribution in [1.29, 1.82) is 0 Å². The molecule has 0 radical (unpaired) electrons. The number of carbonyl (C=O) groups excluding carboxylic acids is 1. The van der Waals surface area contributed by atoms with Gasteiger partial charge in [0.2, 0.25) is 5.91 Å². The molecular formula is C22H21N3O3S. The zero-order valence-electron chi connectivity index (χ0n) is 16.0. The maximum atomic E-state index is 12.3. The fraction of sp³-hybridized carbons (Fsp3) is 0.182. The maximum absolute atomic E-state index is 12.3. The molecule has 0 saturated carbocycles. The van der Waals surface area contributed by atoms with Crippen LogP contribution in [0.4, 0.5) is 0 Å². The van der Waals surface area contributed by atoms with Gasteiger partial charge in [0.05, 0.1) is 25.8 Å². The summed E-state index contributed by atoms with van der Waals surface area (Å²) in [6.07, 6.45) is 2.28. The van der Waals surface area contributed by atoms with Crippen LogP contribution in [0.15, 0.2) is 66.2 Å². The van der Waals surface area contributed by atoms with E-state index in [4.69, 9.17) is 9.47 Å². The SMILES string of the molecule is COc1ccc(OCCNC(=O)Cc2csc3nc(-c4ccccc4)cn23)cc1. The highest BCUT2D eigenvalue weighted by atomic mass is 32.1. The molecular weight excluding hydrogens is 386 g/mol. The Morgan fingerprint density at radius 3 is 2.62 bits per heavy atom. The molecule has 0 spiro atoms. The third-order valence-corrected chi connectivity index (χ3v) is 5.34. The van der Waals surface area contributed by atoms with Gasteiger partial charge < -0.3 is 14.8 Å². The summed E-state index contributed by atoms with van der Waals surface area (Å²) >= 11 is 1.54. The van der Waals surface area contributed by atoms with Crippen molar-refractivity contribution in [3.05, 3.63) is 71.9 Å². The summed E-state index contributed by atoms with van der Waals surface area (Å²) in [4.78, 5) is 17.9. The molecule has 29 heavy (non-hydrogen) atoms. The molecule has 0 aliphatic carbocycles. The first-order valence-electron chi connectivity index (χ1n) is 9.27. The lowest BCUT2D eigenvalue weighted by Crippen LogP contribution is -2.29. The van der Waals surface area contributed by atoms with E-state index in [1.165, 1.54) is 11.3 Å². The van der Waals surface area contributed by atoms with Crippen LogP contribution in [-0.2, 0) is 11.2 Å². The van der Waals surface area contributed by atoms with Crippen LogP contribution in [0, 0.1) is 0 Å². The van der Waals surface area contributed by atoms with Crippen molar-refractivity contribution < 1.29 is 14.3 Å². The second kappa shape index (κ2) is 8.79. The fourth-order valence-corrected chi connectivity index (χ4v) is 3.84. The minimum absolute atomic E-state index is 0.0435. The lowest BCUT2D eigenvalue weighted by Gasteiger charge is -2.08. The number of methoxy groups -OCH3 is 1. The minimum atomic E-state index is -0.0435. The van der Waals surface area contributed by atoms with Gasteiger partial charge in [-0.1, -0.05) is 30.3 Å². The minimum Gasteiger partial charge on any atom is -0.497 e. The summed E-state index contributed by atoms with van der Waals surface area (Å²) < 4.78 is 12.7. The van der Waals surface area contributed by atoms with Gasteiger partial charge in [-0.15, -0.1) is 11.3 Å². The van der Waals surface area contributed by atoms with Crippen LogP contribution in [0.2, 0.25) is 0 Å². The quantitative estimate of drug-likeness (QED) is 0.451. The number of amides is 1. The molecule has 2 aromatic carbocycles. The van der Waals surface area contributed by atoms with Gasteiger partial charge in [0.25, 0.3) is 0 Å². The molecule has 4 aromatic rings. The Kier molecular flexibility index (Phi) is 5.76. The number of nitrogens with one attached hydrogen (secondary N) is 1. The lowest BCUT2D eigenvalue weighted by molar-refractivity contribution is -0.120. The number of hydrogen-bond acceptors (Lipinski definition) is 5. The summed E-state index contributed by atoms with van der Waals surface area (Å²) in [6, 6.07) is 17.4. The molecule has 0 atom stereocenters. The molecule has 0 aliphatic heterocycles. The van der Waals surface area contributed by atoms with Crippen LogP contribution < -0.4 is 14.8 Å². The van der Waals surface area contributed by atoms with E-state index < -0.39 is 0 Å². The Bertz CT molecular complexity index is 1090. The molecule has 0 fully saturated rings. The smallest absolute Gasteiger partial charge is 0.226 e. The van der Waals surface area contributed by atoms with Crippen molar-refractivity contribution in [3.63, 3.8) is 0 Å². The molecule has 1 amide bonds. The van der Waals surface area contributed by atoms with Crippen molar-refractivity contribution in [2.45, 2.75) is 6.42 Å². The van der Waals surface area contributed by atoms with Crippen molar-refractivity contribution in [2.24, 2.45) is 0 Å². The van der Waals surface area contributed by atoms with Gasteiger partial charge in [-0.05, 0) is 24.3 Å². The van der Waals surface area contributed by atoms with E-state index in [0.29, 0.717) is 19.6 Å². The molecule has 0 bridgehead atoms. The molecule has 0 aliphatic rings. The predicted molar refractivity (Wildman–Crippen MR) is 114 cm³/mol. The number of thiazole rings is 1. The van der Waals surface area contributed by atoms with E-state index in [9.17, 15) is 4.79 Å². The van der Waals surface area contributed by atoms with Crippen molar-refractivity contribution >= 4 is 22.2 Å². The number of hydrogen-bond donors (Lipinski definition) is 1. The van der Waals surface area contributed by atoms with E-state index in [0.717, 1.165) is 33.4 Å². The van der Waals surface area contributed by atoms with Crippen LogP contribution in [0.1, 0.15) is 5.69 Å².